The number of aliphatic hydroxyl groups excluding tert-OH is 1. The van der Waals surface area contributed by atoms with Gasteiger partial charge in [0, 0.05) is 18.7 Å². The zero-order chi connectivity index (χ0) is 15.4. The Labute approximate surface area is 125 Å². The summed E-state index contributed by atoms with van der Waals surface area (Å²) in [7, 11) is 0. The van der Waals surface area contributed by atoms with Gasteiger partial charge in [0.05, 0.1) is 5.69 Å². The van der Waals surface area contributed by atoms with Crippen LogP contribution in [-0.4, -0.2) is 35.2 Å². The zero-order valence-electron chi connectivity index (χ0n) is 12.7. The fraction of sp³-hybridized carbons (Fsp3) is 0.600. The zero-order valence-corrected chi connectivity index (χ0v) is 12.7. The number of hydrogen-bond acceptors (Lipinski definition) is 4. The van der Waals surface area contributed by atoms with E-state index >= 15 is 0 Å². The summed E-state index contributed by atoms with van der Waals surface area (Å²) in [4.78, 5) is 16.9. The Balaban J connectivity index is 2.00. The van der Waals surface area contributed by atoms with Gasteiger partial charge in [0.25, 0.3) is 11.7 Å². The minimum atomic E-state index is -1.10. The second-order valence-corrected chi connectivity index (χ2v) is 5.79. The molecule has 0 radical (unpaired) electrons. The molecule has 0 spiro atoms. The van der Waals surface area contributed by atoms with E-state index in [2.05, 4.69) is 17.2 Å². The molecule has 0 saturated carbocycles. The van der Waals surface area contributed by atoms with E-state index in [1.54, 1.807) is 6.20 Å². The van der Waals surface area contributed by atoms with Gasteiger partial charge in [0.1, 0.15) is 6.20 Å². The van der Waals surface area contributed by atoms with E-state index in [0.717, 1.165) is 37.9 Å². The second-order valence-electron chi connectivity index (χ2n) is 5.79. The molecule has 1 aromatic heterocycles. The van der Waals surface area contributed by atoms with Crippen molar-refractivity contribution < 1.29 is 14.9 Å². The summed E-state index contributed by atoms with van der Waals surface area (Å²) >= 11 is 0. The van der Waals surface area contributed by atoms with Gasteiger partial charge in [-0.1, -0.05) is 13.8 Å². The number of nitrogen functional groups attached to an aromatic ring is 1. The van der Waals surface area contributed by atoms with Crippen molar-refractivity contribution >= 4 is 17.4 Å². The van der Waals surface area contributed by atoms with Crippen LogP contribution in [0.4, 0.5) is 11.5 Å². The fourth-order valence-electron chi connectivity index (χ4n) is 2.74. The van der Waals surface area contributed by atoms with Crippen LogP contribution in [0.3, 0.4) is 0 Å². The summed E-state index contributed by atoms with van der Waals surface area (Å²) in [6.45, 7) is 5.64. The number of anilines is 2. The lowest BCUT2D eigenvalue weighted by Crippen LogP contribution is -2.48. The van der Waals surface area contributed by atoms with E-state index in [1.807, 2.05) is 17.9 Å². The highest BCUT2D eigenvalue weighted by Gasteiger charge is 2.27. The molecule has 0 aromatic carbocycles. The third-order valence-corrected chi connectivity index (χ3v) is 3.98. The van der Waals surface area contributed by atoms with Gasteiger partial charge in [-0.05, 0) is 31.2 Å². The van der Waals surface area contributed by atoms with Gasteiger partial charge in [-0.3, -0.25) is 15.4 Å². The molecule has 1 aliphatic rings. The average molecular weight is 293 g/mol. The number of rotatable bonds is 4. The number of carbonyl (C=O) groups excluding carboxylic acids is 1. The first-order valence-corrected chi connectivity index (χ1v) is 7.54. The first-order chi connectivity index (χ1) is 10.0. The van der Waals surface area contributed by atoms with Crippen molar-refractivity contribution in [2.24, 2.45) is 5.92 Å². The van der Waals surface area contributed by atoms with Crippen LogP contribution < -0.4 is 16.0 Å². The van der Waals surface area contributed by atoms with Crippen molar-refractivity contribution in [1.82, 2.24) is 4.90 Å². The lowest BCUT2D eigenvalue weighted by molar-refractivity contribution is -0.360. The van der Waals surface area contributed by atoms with Crippen molar-refractivity contribution in [2.45, 2.75) is 39.3 Å². The van der Waals surface area contributed by atoms with Crippen LogP contribution in [0.15, 0.2) is 12.3 Å². The number of nitrogens with one attached hydrogen (secondary N) is 2. The predicted molar refractivity (Wildman–Crippen MR) is 81.4 cm³/mol. The second kappa shape index (κ2) is 6.87. The number of amides is 1. The van der Waals surface area contributed by atoms with E-state index in [4.69, 9.17) is 5.73 Å². The molecule has 2 heterocycles. The van der Waals surface area contributed by atoms with Crippen LogP contribution in [0.25, 0.3) is 0 Å². The summed E-state index contributed by atoms with van der Waals surface area (Å²) in [5, 5.41) is 12.9. The standard InChI is InChI=1S/C15H24N4O2/c1-3-11-7-12(8-17-13(11)16)18-14(20)15(21)19-6-4-5-10(2)9-19/h7-8,10,15,21H,3-6,9H2,1-2H3,(H2,16,17)(H,18,20)/p+1/t10-,15?/m0/s1. The molecule has 2 atom stereocenters. The van der Waals surface area contributed by atoms with Gasteiger partial charge in [0.15, 0.2) is 6.23 Å². The van der Waals surface area contributed by atoms with Crippen LogP contribution in [0.2, 0.25) is 0 Å². The third-order valence-electron chi connectivity index (χ3n) is 3.98. The summed E-state index contributed by atoms with van der Waals surface area (Å²) < 4.78 is 0. The van der Waals surface area contributed by atoms with E-state index in [0.29, 0.717) is 17.4 Å². The number of aromatic nitrogens is 1. The van der Waals surface area contributed by atoms with Gasteiger partial charge in [0.2, 0.25) is 0 Å². The Bertz CT molecular complexity index is 506. The van der Waals surface area contributed by atoms with Gasteiger partial charge in [-0.15, -0.1) is 0 Å². The number of aryl methyl sites for hydroxylation is 1. The van der Waals surface area contributed by atoms with Crippen LogP contribution in [0.5, 0.6) is 0 Å². The molecule has 1 saturated heterocycles. The molecular weight excluding hydrogens is 268 g/mol. The van der Waals surface area contributed by atoms with Crippen molar-refractivity contribution in [3.8, 4) is 0 Å². The van der Waals surface area contributed by atoms with Crippen molar-refractivity contribution in [3.63, 3.8) is 0 Å². The molecule has 5 N–H and O–H groups in total. The van der Waals surface area contributed by atoms with Gasteiger partial charge in [-0.2, -0.15) is 0 Å². The first kappa shape index (κ1) is 15.7. The Hall–Kier alpha value is -1.66. The number of piperidine rings is 1. The molecule has 0 aliphatic carbocycles. The molecule has 6 nitrogen and oxygen atoms in total. The first-order valence-electron chi connectivity index (χ1n) is 7.54. The largest absolute Gasteiger partial charge is 0.370 e. The summed E-state index contributed by atoms with van der Waals surface area (Å²) in [5.74, 6) is 0.711. The molecular formula is C15H25N4O2+. The van der Waals surface area contributed by atoms with Gasteiger partial charge < -0.3 is 10.4 Å². The highest BCUT2D eigenvalue weighted by Crippen LogP contribution is 2.18. The Morgan fingerprint density at radius 1 is 1.67 bits per heavy atom. The topological polar surface area (TPSA) is 92.7 Å². The molecule has 116 valence electrons. The van der Waals surface area contributed by atoms with Crippen molar-refractivity contribution in [2.75, 3.05) is 24.1 Å². The van der Waals surface area contributed by atoms with Crippen LogP contribution in [0.1, 0.15) is 32.3 Å². The lowest BCUT2D eigenvalue weighted by atomic mass is 10.00. The fourth-order valence-corrected chi connectivity index (χ4v) is 2.74. The molecule has 1 amide bonds. The maximum atomic E-state index is 12.2. The van der Waals surface area contributed by atoms with E-state index < -0.39 is 12.1 Å². The van der Waals surface area contributed by atoms with E-state index in [-0.39, 0.29) is 0 Å². The maximum absolute atomic E-state index is 12.2. The molecule has 1 aromatic rings. The Morgan fingerprint density at radius 3 is 3.10 bits per heavy atom. The van der Waals surface area contributed by atoms with Gasteiger partial charge >= 0.3 is 0 Å². The number of likely N-dealkylation sites (tertiary alicyclic amines) is 1. The maximum Gasteiger partial charge on any atom is 0.273 e. The highest BCUT2D eigenvalue weighted by molar-refractivity contribution is 5.93. The van der Waals surface area contributed by atoms with Crippen molar-refractivity contribution in [1.29, 1.82) is 0 Å². The number of nitrogens with zero attached hydrogens (tertiary/aromatic N) is 1. The SMILES string of the molecule is CCc1cc(NC(=O)C(O)N2CCC[C@H](C)C2)c[nH+]c1N. The summed E-state index contributed by atoms with van der Waals surface area (Å²) in [6.07, 6.45) is 3.48. The average Bonchev–Trinajstić information content (AvgIpc) is 2.48. The summed E-state index contributed by atoms with van der Waals surface area (Å²) in [6, 6.07) is 1.83. The normalized spacial score (nSPS) is 21.0. The van der Waals surface area contributed by atoms with E-state index in [9.17, 15) is 9.90 Å². The number of nitrogens with two attached hydrogens (primary N) is 1. The van der Waals surface area contributed by atoms with Crippen LogP contribution in [-0.2, 0) is 11.2 Å². The quantitative estimate of drug-likeness (QED) is 0.759. The van der Waals surface area contributed by atoms with Crippen LogP contribution in [0, 0.1) is 5.92 Å². The molecule has 1 fully saturated rings. The van der Waals surface area contributed by atoms with Gasteiger partial charge in [-0.25, -0.2) is 4.98 Å². The third kappa shape index (κ3) is 3.92. The minimum Gasteiger partial charge on any atom is -0.370 e. The lowest BCUT2D eigenvalue weighted by Gasteiger charge is -2.33. The number of hydrogen-bond donors (Lipinski definition) is 3. The monoisotopic (exact) mass is 293 g/mol. The number of aromatic amines is 1. The van der Waals surface area contributed by atoms with Crippen LogP contribution >= 0.6 is 0 Å². The van der Waals surface area contributed by atoms with Crippen molar-refractivity contribution in [3.05, 3.63) is 17.8 Å². The molecule has 2 rings (SSSR count). The predicted octanol–water partition coefficient (Wildman–Crippen LogP) is 0.634. The number of aliphatic hydroxyl groups is 1. The minimum absolute atomic E-state index is 0.399. The number of pyridine rings is 1. The van der Waals surface area contributed by atoms with E-state index in [1.165, 1.54) is 0 Å². The summed E-state index contributed by atoms with van der Waals surface area (Å²) in [5.41, 5.74) is 7.36. The highest BCUT2D eigenvalue weighted by atomic mass is 16.3. The smallest absolute Gasteiger partial charge is 0.273 e. The molecule has 6 heteroatoms. The Morgan fingerprint density at radius 2 is 2.43 bits per heavy atom. The molecule has 0 bridgehead atoms. The Kier molecular flexibility index (Phi) is 5.14. The number of carbonyl (C=O) groups is 1. The molecule has 1 aliphatic heterocycles. The molecule has 21 heavy (non-hydrogen) atoms. The molecule has 1 unspecified atom stereocenters. The number of H-pyrrole nitrogens is 1.